The van der Waals surface area contributed by atoms with Crippen molar-refractivity contribution < 1.29 is 9.53 Å². The Balaban J connectivity index is 1.61. The van der Waals surface area contributed by atoms with Gasteiger partial charge in [0.15, 0.2) is 0 Å². The Morgan fingerprint density at radius 1 is 1.14 bits per heavy atom. The van der Waals surface area contributed by atoms with Gasteiger partial charge < -0.3 is 9.64 Å². The molecule has 0 unspecified atom stereocenters. The number of piperazine rings is 1. The fourth-order valence-electron chi connectivity index (χ4n) is 3.44. The fourth-order valence-corrected chi connectivity index (χ4v) is 3.44. The Bertz CT molecular complexity index is 1020. The molecule has 150 valence electrons. The molecule has 3 aromatic rings. The largest absolute Gasteiger partial charge is 0.493 e. The summed E-state index contributed by atoms with van der Waals surface area (Å²) in [6.07, 6.45) is 2.67. The van der Waals surface area contributed by atoms with Gasteiger partial charge >= 0.3 is 0 Å². The van der Waals surface area contributed by atoms with E-state index in [0.717, 1.165) is 60.2 Å². The molecule has 7 heteroatoms. The molecule has 1 N–H and O–H groups in total. The number of hydrogen-bond donors (Lipinski definition) is 1. The highest BCUT2D eigenvalue weighted by molar-refractivity contribution is 5.87. The molecule has 1 saturated heterocycles. The van der Waals surface area contributed by atoms with Gasteiger partial charge in [0.05, 0.1) is 12.1 Å². The van der Waals surface area contributed by atoms with Crippen LogP contribution in [0.15, 0.2) is 42.6 Å². The van der Waals surface area contributed by atoms with Crippen LogP contribution in [0.4, 0.5) is 5.95 Å². The topological polar surface area (TPSA) is 70.6 Å². The maximum atomic E-state index is 11.2. The van der Waals surface area contributed by atoms with Crippen molar-refractivity contribution in [3.05, 3.63) is 48.2 Å². The van der Waals surface area contributed by atoms with Crippen LogP contribution in [0.5, 0.6) is 5.75 Å². The van der Waals surface area contributed by atoms with Crippen molar-refractivity contribution in [3.63, 3.8) is 0 Å². The summed E-state index contributed by atoms with van der Waals surface area (Å²) in [5.41, 5.74) is 6.64. The molecule has 0 aliphatic carbocycles. The minimum absolute atomic E-state index is 0.561. The highest BCUT2D eigenvalue weighted by Gasteiger charge is 2.15. The van der Waals surface area contributed by atoms with Gasteiger partial charge in [0, 0.05) is 48.9 Å². The van der Waals surface area contributed by atoms with Crippen LogP contribution >= 0.6 is 0 Å². The summed E-state index contributed by atoms with van der Waals surface area (Å²) < 4.78 is 5.75. The molecule has 1 aromatic heterocycles. The van der Waals surface area contributed by atoms with E-state index in [1.807, 2.05) is 43.5 Å². The summed E-state index contributed by atoms with van der Waals surface area (Å²) in [5, 5.41) is 3.08. The van der Waals surface area contributed by atoms with Crippen molar-refractivity contribution in [3.8, 4) is 16.9 Å². The van der Waals surface area contributed by atoms with Crippen molar-refractivity contribution in [1.82, 2.24) is 19.9 Å². The zero-order chi connectivity index (χ0) is 20.2. The molecule has 0 saturated carbocycles. The van der Waals surface area contributed by atoms with Crippen LogP contribution < -0.4 is 10.2 Å². The average molecular weight is 391 g/mol. The Kier molecular flexibility index (Phi) is 5.69. The molecule has 29 heavy (non-hydrogen) atoms. The normalized spacial score (nSPS) is 15.4. The molecule has 0 amide bonds. The Morgan fingerprint density at radius 3 is 2.72 bits per heavy atom. The van der Waals surface area contributed by atoms with Crippen molar-refractivity contribution in [2.75, 3.05) is 45.3 Å². The Hall–Kier alpha value is -3.03. The third-order valence-electron chi connectivity index (χ3n) is 5.09. The van der Waals surface area contributed by atoms with Crippen molar-refractivity contribution >= 4 is 23.1 Å². The number of rotatable bonds is 6. The lowest BCUT2D eigenvalue weighted by Gasteiger charge is -2.32. The van der Waals surface area contributed by atoms with Crippen LogP contribution in [0.3, 0.4) is 0 Å². The van der Waals surface area contributed by atoms with E-state index in [1.165, 1.54) is 0 Å². The van der Waals surface area contributed by atoms with Crippen LogP contribution in [0.25, 0.3) is 22.0 Å². The molecule has 0 spiro atoms. The van der Waals surface area contributed by atoms with E-state index in [0.29, 0.717) is 18.1 Å². The standard InChI is InChI=1S/C22H25N5O2/c1-3-29-21-7-4-16(15-28)12-19(21)17-5-6-20-18(13-17)14-23-22(24-20)25-27-10-8-26(2)9-11-27/h4-7,12-15H,3,8-11H2,1-2H3,(H,23,24,25). The van der Waals surface area contributed by atoms with E-state index in [2.05, 4.69) is 32.4 Å². The number of hydrogen-bond acceptors (Lipinski definition) is 7. The quantitative estimate of drug-likeness (QED) is 0.648. The molecule has 0 atom stereocenters. The number of nitrogens with one attached hydrogen (secondary N) is 1. The molecule has 2 aromatic carbocycles. The number of ether oxygens (including phenoxy) is 1. The minimum atomic E-state index is 0.561. The van der Waals surface area contributed by atoms with Gasteiger partial charge in [0.25, 0.3) is 0 Å². The third-order valence-corrected chi connectivity index (χ3v) is 5.09. The number of nitrogens with zero attached hydrogens (tertiary/aromatic N) is 4. The van der Waals surface area contributed by atoms with E-state index in [1.54, 1.807) is 6.07 Å². The van der Waals surface area contributed by atoms with Gasteiger partial charge in [-0.2, -0.15) is 0 Å². The fraction of sp³-hybridized carbons (Fsp3) is 0.318. The molecular formula is C22H25N5O2. The summed E-state index contributed by atoms with van der Waals surface area (Å²) in [6, 6.07) is 11.5. The Morgan fingerprint density at radius 2 is 1.97 bits per heavy atom. The van der Waals surface area contributed by atoms with E-state index in [-0.39, 0.29) is 0 Å². The Labute approximate surface area is 170 Å². The summed E-state index contributed by atoms with van der Waals surface area (Å²) in [5.74, 6) is 1.36. The van der Waals surface area contributed by atoms with Crippen LogP contribution in [0.1, 0.15) is 17.3 Å². The number of carbonyl (C=O) groups excluding carboxylic acids is 1. The van der Waals surface area contributed by atoms with Gasteiger partial charge in [0.2, 0.25) is 5.95 Å². The monoisotopic (exact) mass is 391 g/mol. The molecule has 1 aliphatic rings. The molecule has 0 radical (unpaired) electrons. The first-order valence-corrected chi connectivity index (χ1v) is 9.85. The van der Waals surface area contributed by atoms with E-state index < -0.39 is 0 Å². The van der Waals surface area contributed by atoms with Gasteiger partial charge in [0.1, 0.15) is 12.0 Å². The number of fused-ring (bicyclic) bond motifs is 1. The van der Waals surface area contributed by atoms with Gasteiger partial charge in [-0.15, -0.1) is 0 Å². The second-order valence-electron chi connectivity index (χ2n) is 7.18. The van der Waals surface area contributed by atoms with Gasteiger partial charge in [-0.3, -0.25) is 10.2 Å². The first-order valence-electron chi connectivity index (χ1n) is 9.85. The number of aromatic nitrogens is 2. The first-order chi connectivity index (χ1) is 14.2. The summed E-state index contributed by atoms with van der Waals surface area (Å²) in [4.78, 5) is 22.7. The van der Waals surface area contributed by atoms with Crippen LogP contribution in [-0.4, -0.2) is 66.0 Å². The molecule has 0 bridgehead atoms. The minimum Gasteiger partial charge on any atom is -0.493 e. The van der Waals surface area contributed by atoms with Crippen LogP contribution in [0, 0.1) is 0 Å². The third kappa shape index (κ3) is 4.36. The summed E-state index contributed by atoms with van der Waals surface area (Å²) in [6.45, 7) is 6.41. The summed E-state index contributed by atoms with van der Waals surface area (Å²) in [7, 11) is 2.13. The molecule has 2 heterocycles. The maximum Gasteiger partial charge on any atom is 0.238 e. The number of benzene rings is 2. The van der Waals surface area contributed by atoms with Crippen molar-refractivity contribution in [2.45, 2.75) is 6.92 Å². The lowest BCUT2D eigenvalue weighted by molar-refractivity contribution is 0.112. The highest BCUT2D eigenvalue weighted by Crippen LogP contribution is 2.32. The molecule has 1 fully saturated rings. The zero-order valence-electron chi connectivity index (χ0n) is 16.8. The second kappa shape index (κ2) is 8.55. The van der Waals surface area contributed by atoms with Crippen LogP contribution in [-0.2, 0) is 0 Å². The lowest BCUT2D eigenvalue weighted by atomic mass is 10.0. The number of aldehydes is 1. The predicted molar refractivity (Wildman–Crippen MR) is 114 cm³/mol. The van der Waals surface area contributed by atoms with Gasteiger partial charge in [-0.05, 0) is 49.9 Å². The highest BCUT2D eigenvalue weighted by atomic mass is 16.5. The summed E-state index contributed by atoms with van der Waals surface area (Å²) >= 11 is 0. The average Bonchev–Trinajstić information content (AvgIpc) is 2.75. The van der Waals surface area contributed by atoms with E-state index in [4.69, 9.17) is 4.74 Å². The van der Waals surface area contributed by atoms with E-state index >= 15 is 0 Å². The first kappa shape index (κ1) is 19.3. The van der Waals surface area contributed by atoms with Crippen molar-refractivity contribution in [1.29, 1.82) is 0 Å². The number of hydrazine groups is 1. The number of anilines is 1. The number of likely N-dealkylation sites (N-methyl/N-ethyl adjacent to an activating group) is 1. The molecule has 7 nitrogen and oxygen atoms in total. The van der Waals surface area contributed by atoms with Gasteiger partial charge in [-0.1, -0.05) is 6.07 Å². The van der Waals surface area contributed by atoms with Gasteiger partial charge in [-0.25, -0.2) is 15.0 Å². The zero-order valence-corrected chi connectivity index (χ0v) is 16.8. The SMILES string of the molecule is CCOc1ccc(C=O)cc1-c1ccc2nc(NN3CCN(C)CC3)ncc2c1. The molecule has 4 rings (SSSR count). The smallest absolute Gasteiger partial charge is 0.238 e. The predicted octanol–water partition coefficient (Wildman–Crippen LogP) is 3.08. The number of carbonyl (C=O) groups is 1. The lowest BCUT2D eigenvalue weighted by Crippen LogP contribution is -2.47. The molecule has 1 aliphatic heterocycles. The van der Waals surface area contributed by atoms with Crippen LogP contribution in [0.2, 0.25) is 0 Å². The molecular weight excluding hydrogens is 366 g/mol. The van der Waals surface area contributed by atoms with Crippen molar-refractivity contribution in [2.24, 2.45) is 0 Å². The van der Waals surface area contributed by atoms with E-state index in [9.17, 15) is 4.79 Å². The maximum absolute atomic E-state index is 11.2. The second-order valence-corrected chi connectivity index (χ2v) is 7.18.